The highest BCUT2D eigenvalue weighted by molar-refractivity contribution is 4.91. The van der Waals surface area contributed by atoms with Crippen LogP contribution in [0.5, 0.6) is 0 Å². The molecule has 2 fully saturated rings. The molecular formula is C13H25NO. The van der Waals surface area contributed by atoms with Gasteiger partial charge in [0.1, 0.15) is 0 Å². The average molecular weight is 211 g/mol. The van der Waals surface area contributed by atoms with Crippen LogP contribution in [0.3, 0.4) is 0 Å². The van der Waals surface area contributed by atoms with E-state index < -0.39 is 0 Å². The third kappa shape index (κ3) is 2.94. The second-order valence-electron chi connectivity index (χ2n) is 5.38. The highest BCUT2D eigenvalue weighted by atomic mass is 16.5. The summed E-state index contributed by atoms with van der Waals surface area (Å²) < 4.78 is 5.66. The summed E-state index contributed by atoms with van der Waals surface area (Å²) in [6.45, 7) is 5.82. The first kappa shape index (κ1) is 11.4. The molecule has 0 aromatic carbocycles. The molecule has 88 valence electrons. The zero-order valence-electron chi connectivity index (χ0n) is 10.1. The molecule has 2 nitrogen and oxygen atoms in total. The number of rotatable bonds is 6. The minimum absolute atomic E-state index is 0.594. The monoisotopic (exact) mass is 211 g/mol. The lowest BCUT2D eigenvalue weighted by atomic mass is 9.73. The van der Waals surface area contributed by atoms with Crippen molar-refractivity contribution in [2.24, 2.45) is 5.41 Å². The summed E-state index contributed by atoms with van der Waals surface area (Å²) >= 11 is 0. The summed E-state index contributed by atoms with van der Waals surface area (Å²) in [7, 11) is 0. The maximum Gasteiger partial charge on any atom is 0.0576 e. The van der Waals surface area contributed by atoms with Gasteiger partial charge in [-0.3, -0.25) is 0 Å². The van der Waals surface area contributed by atoms with E-state index in [2.05, 4.69) is 12.2 Å². The molecule has 15 heavy (non-hydrogen) atoms. The van der Waals surface area contributed by atoms with E-state index in [1.807, 2.05) is 0 Å². The average Bonchev–Trinajstić information content (AvgIpc) is 2.67. The first-order chi connectivity index (χ1) is 7.35. The van der Waals surface area contributed by atoms with Crippen molar-refractivity contribution in [1.82, 2.24) is 5.32 Å². The van der Waals surface area contributed by atoms with Crippen molar-refractivity contribution in [3.63, 3.8) is 0 Å². The van der Waals surface area contributed by atoms with Gasteiger partial charge in [0.15, 0.2) is 0 Å². The van der Waals surface area contributed by atoms with Crippen LogP contribution in [0.15, 0.2) is 0 Å². The second-order valence-corrected chi connectivity index (χ2v) is 5.38. The van der Waals surface area contributed by atoms with Crippen molar-refractivity contribution >= 4 is 0 Å². The summed E-state index contributed by atoms with van der Waals surface area (Å²) in [5.74, 6) is 0. The molecule has 1 N–H and O–H groups in total. The Morgan fingerprint density at radius 2 is 2.20 bits per heavy atom. The van der Waals surface area contributed by atoms with E-state index in [9.17, 15) is 0 Å². The van der Waals surface area contributed by atoms with Crippen LogP contribution >= 0.6 is 0 Å². The van der Waals surface area contributed by atoms with Crippen LogP contribution in [-0.2, 0) is 4.74 Å². The minimum Gasteiger partial charge on any atom is -0.378 e. The van der Waals surface area contributed by atoms with Crippen LogP contribution in [-0.4, -0.2) is 25.8 Å². The van der Waals surface area contributed by atoms with E-state index in [-0.39, 0.29) is 0 Å². The van der Waals surface area contributed by atoms with E-state index in [4.69, 9.17) is 4.74 Å². The van der Waals surface area contributed by atoms with Crippen LogP contribution in [0.2, 0.25) is 0 Å². The van der Waals surface area contributed by atoms with Crippen LogP contribution < -0.4 is 5.32 Å². The van der Waals surface area contributed by atoms with Crippen LogP contribution in [0.4, 0.5) is 0 Å². The Morgan fingerprint density at radius 3 is 2.73 bits per heavy atom. The first-order valence-electron chi connectivity index (χ1n) is 6.67. The van der Waals surface area contributed by atoms with Gasteiger partial charge in [-0.25, -0.2) is 0 Å². The quantitative estimate of drug-likeness (QED) is 0.729. The van der Waals surface area contributed by atoms with E-state index in [0.717, 1.165) is 6.61 Å². The molecule has 0 aliphatic carbocycles. The van der Waals surface area contributed by atoms with Gasteiger partial charge in [0, 0.05) is 19.7 Å². The third-order valence-electron chi connectivity index (χ3n) is 4.04. The molecule has 0 saturated carbocycles. The predicted molar refractivity (Wildman–Crippen MR) is 63.0 cm³/mol. The fourth-order valence-electron chi connectivity index (χ4n) is 3.06. The zero-order chi connectivity index (χ0) is 10.6. The Hall–Kier alpha value is -0.0800. The van der Waals surface area contributed by atoms with Crippen molar-refractivity contribution in [3.05, 3.63) is 0 Å². The first-order valence-corrected chi connectivity index (χ1v) is 6.67. The van der Waals surface area contributed by atoms with Gasteiger partial charge in [-0.15, -0.1) is 0 Å². The van der Waals surface area contributed by atoms with Gasteiger partial charge in [0.25, 0.3) is 0 Å². The van der Waals surface area contributed by atoms with Gasteiger partial charge < -0.3 is 10.1 Å². The maximum absolute atomic E-state index is 5.66. The SMILES string of the molecule is CCCC1(CCCC2CCCO2)CNC1. The number of hydrogen-bond donors (Lipinski definition) is 1. The molecule has 0 amide bonds. The Balaban J connectivity index is 1.63. The molecule has 1 unspecified atom stereocenters. The van der Waals surface area contributed by atoms with Gasteiger partial charge in [-0.1, -0.05) is 19.8 Å². The molecule has 2 heterocycles. The normalized spacial score (nSPS) is 29.0. The molecule has 2 saturated heterocycles. The third-order valence-corrected chi connectivity index (χ3v) is 4.04. The molecular weight excluding hydrogens is 186 g/mol. The number of ether oxygens (including phenoxy) is 1. The Bertz CT molecular complexity index is 183. The largest absolute Gasteiger partial charge is 0.378 e. The van der Waals surface area contributed by atoms with Crippen molar-refractivity contribution in [2.45, 2.75) is 58.0 Å². The molecule has 2 aliphatic rings. The molecule has 2 aliphatic heterocycles. The molecule has 0 spiro atoms. The predicted octanol–water partition coefficient (Wildman–Crippen LogP) is 2.73. The van der Waals surface area contributed by atoms with Gasteiger partial charge >= 0.3 is 0 Å². The Morgan fingerprint density at radius 1 is 1.33 bits per heavy atom. The van der Waals surface area contributed by atoms with Gasteiger partial charge in [0.05, 0.1) is 6.10 Å². The molecule has 0 radical (unpaired) electrons. The van der Waals surface area contributed by atoms with Crippen molar-refractivity contribution in [1.29, 1.82) is 0 Å². The second kappa shape index (κ2) is 5.31. The fraction of sp³-hybridized carbons (Fsp3) is 1.00. The van der Waals surface area contributed by atoms with Crippen molar-refractivity contribution < 1.29 is 4.74 Å². The molecule has 1 atom stereocenters. The topological polar surface area (TPSA) is 21.3 Å². The standard InChI is InChI=1S/C13H25NO/c1-2-7-13(10-14-11-13)8-3-5-12-6-4-9-15-12/h12,14H,2-11H2,1H3. The lowest BCUT2D eigenvalue weighted by Gasteiger charge is -2.43. The molecule has 2 rings (SSSR count). The maximum atomic E-state index is 5.66. The van der Waals surface area contributed by atoms with Crippen LogP contribution in [0.25, 0.3) is 0 Å². The van der Waals surface area contributed by atoms with E-state index in [1.165, 1.54) is 58.0 Å². The lowest BCUT2D eigenvalue weighted by molar-refractivity contribution is 0.0864. The molecule has 2 heteroatoms. The molecule has 0 aromatic rings. The smallest absolute Gasteiger partial charge is 0.0576 e. The fourth-order valence-corrected chi connectivity index (χ4v) is 3.06. The highest BCUT2D eigenvalue weighted by Crippen LogP contribution is 2.35. The zero-order valence-corrected chi connectivity index (χ0v) is 10.1. The summed E-state index contributed by atoms with van der Waals surface area (Å²) in [6, 6.07) is 0. The minimum atomic E-state index is 0.594. The van der Waals surface area contributed by atoms with Gasteiger partial charge in [0.2, 0.25) is 0 Å². The molecule has 0 aromatic heterocycles. The number of hydrogen-bond acceptors (Lipinski definition) is 2. The van der Waals surface area contributed by atoms with Gasteiger partial charge in [-0.2, -0.15) is 0 Å². The van der Waals surface area contributed by atoms with E-state index in [0.29, 0.717) is 11.5 Å². The summed E-state index contributed by atoms with van der Waals surface area (Å²) in [4.78, 5) is 0. The van der Waals surface area contributed by atoms with Crippen LogP contribution in [0, 0.1) is 5.41 Å². The summed E-state index contributed by atoms with van der Waals surface area (Å²) in [5.41, 5.74) is 0.660. The van der Waals surface area contributed by atoms with Gasteiger partial charge in [-0.05, 0) is 37.5 Å². The van der Waals surface area contributed by atoms with Crippen LogP contribution in [0.1, 0.15) is 51.9 Å². The Kier molecular flexibility index (Phi) is 4.04. The van der Waals surface area contributed by atoms with E-state index >= 15 is 0 Å². The lowest BCUT2D eigenvalue weighted by Crippen LogP contribution is -2.53. The highest BCUT2D eigenvalue weighted by Gasteiger charge is 2.35. The summed E-state index contributed by atoms with van der Waals surface area (Å²) in [5, 5.41) is 3.43. The summed E-state index contributed by atoms with van der Waals surface area (Å²) in [6.07, 6.45) is 10.0. The van der Waals surface area contributed by atoms with Crippen molar-refractivity contribution in [3.8, 4) is 0 Å². The Labute approximate surface area is 93.8 Å². The number of nitrogens with one attached hydrogen (secondary N) is 1. The molecule has 0 bridgehead atoms. The van der Waals surface area contributed by atoms with E-state index in [1.54, 1.807) is 0 Å². The van der Waals surface area contributed by atoms with Crippen molar-refractivity contribution in [2.75, 3.05) is 19.7 Å².